The number of anilines is 1. The second-order valence-electron chi connectivity index (χ2n) is 4.05. The molecular weight excluding hydrogens is 315 g/mol. The Morgan fingerprint density at radius 1 is 1.10 bits per heavy atom. The molecule has 0 spiro atoms. The summed E-state index contributed by atoms with van der Waals surface area (Å²) in [4.78, 5) is 12.5. The van der Waals surface area contributed by atoms with E-state index < -0.39 is 0 Å². The van der Waals surface area contributed by atoms with Crippen LogP contribution in [0.2, 0.25) is 10.3 Å². The molecule has 106 valence electrons. The first-order valence-electron chi connectivity index (χ1n) is 6.20. The number of hydrogen-bond donors (Lipinski definition) is 1. The summed E-state index contributed by atoms with van der Waals surface area (Å²) in [5.41, 5.74) is 1.15. The van der Waals surface area contributed by atoms with Crippen LogP contribution in [0, 0.1) is 0 Å². The Kier molecular flexibility index (Phi) is 5.88. The lowest BCUT2D eigenvalue weighted by Crippen LogP contribution is -2.06. The SMILES string of the molecule is CCCNc1nc(Cl)nc(SCc2ccc(Cl)cc2)n1. The molecule has 0 atom stereocenters. The van der Waals surface area contributed by atoms with Crippen molar-refractivity contribution in [2.24, 2.45) is 0 Å². The normalized spacial score (nSPS) is 10.6. The summed E-state index contributed by atoms with van der Waals surface area (Å²) in [6.07, 6.45) is 0.997. The Bertz CT molecular complexity index is 563. The number of hydrogen-bond acceptors (Lipinski definition) is 5. The highest BCUT2D eigenvalue weighted by Gasteiger charge is 2.05. The molecule has 2 rings (SSSR count). The number of thioether (sulfide) groups is 1. The second kappa shape index (κ2) is 7.67. The van der Waals surface area contributed by atoms with Crippen molar-refractivity contribution in [3.63, 3.8) is 0 Å². The maximum absolute atomic E-state index is 5.90. The van der Waals surface area contributed by atoms with Gasteiger partial charge in [-0.2, -0.15) is 15.0 Å². The molecule has 0 saturated carbocycles. The third-order valence-electron chi connectivity index (χ3n) is 2.40. The maximum atomic E-state index is 5.90. The van der Waals surface area contributed by atoms with E-state index in [2.05, 4.69) is 27.2 Å². The standard InChI is InChI=1S/C13H14Cl2N4S/c1-2-7-16-12-17-11(15)18-13(19-12)20-8-9-3-5-10(14)6-4-9/h3-6H,2,7-8H2,1H3,(H,16,17,18,19). The lowest BCUT2D eigenvalue weighted by Gasteiger charge is -2.05. The van der Waals surface area contributed by atoms with Crippen molar-refractivity contribution in [2.75, 3.05) is 11.9 Å². The van der Waals surface area contributed by atoms with Crippen LogP contribution in [0.1, 0.15) is 18.9 Å². The molecular formula is C13H14Cl2N4S. The summed E-state index contributed by atoms with van der Waals surface area (Å²) in [5, 5.41) is 4.65. The van der Waals surface area contributed by atoms with Gasteiger partial charge in [0.1, 0.15) is 0 Å². The lowest BCUT2D eigenvalue weighted by atomic mass is 10.2. The van der Waals surface area contributed by atoms with Gasteiger partial charge < -0.3 is 5.32 Å². The zero-order valence-corrected chi connectivity index (χ0v) is 13.3. The minimum absolute atomic E-state index is 0.206. The Labute approximate surface area is 132 Å². The highest BCUT2D eigenvalue weighted by molar-refractivity contribution is 7.98. The Hall–Kier alpha value is -1.04. The highest BCUT2D eigenvalue weighted by Crippen LogP contribution is 2.22. The zero-order valence-electron chi connectivity index (χ0n) is 10.9. The van der Waals surface area contributed by atoms with Gasteiger partial charge >= 0.3 is 0 Å². The lowest BCUT2D eigenvalue weighted by molar-refractivity contribution is 0.877. The van der Waals surface area contributed by atoms with E-state index in [9.17, 15) is 0 Å². The monoisotopic (exact) mass is 328 g/mol. The van der Waals surface area contributed by atoms with Gasteiger partial charge in [-0.05, 0) is 35.7 Å². The van der Waals surface area contributed by atoms with Crippen LogP contribution in [0.25, 0.3) is 0 Å². The maximum Gasteiger partial charge on any atom is 0.228 e. The number of rotatable bonds is 6. The van der Waals surface area contributed by atoms with Crippen LogP contribution in [0.4, 0.5) is 5.95 Å². The fourth-order valence-electron chi connectivity index (χ4n) is 1.44. The van der Waals surface area contributed by atoms with Gasteiger partial charge in [0.05, 0.1) is 0 Å². The van der Waals surface area contributed by atoms with E-state index in [4.69, 9.17) is 23.2 Å². The summed E-state index contributed by atoms with van der Waals surface area (Å²) < 4.78 is 0. The molecule has 0 fully saturated rings. The van der Waals surface area contributed by atoms with Crippen LogP contribution in [0.5, 0.6) is 0 Å². The molecule has 4 nitrogen and oxygen atoms in total. The third kappa shape index (κ3) is 4.81. The Balaban J connectivity index is 2.01. The molecule has 0 saturated heterocycles. The molecule has 0 aliphatic heterocycles. The predicted octanol–water partition coefficient (Wildman–Crippen LogP) is 4.29. The van der Waals surface area contributed by atoms with Gasteiger partial charge in [-0.15, -0.1) is 0 Å². The van der Waals surface area contributed by atoms with E-state index in [1.807, 2.05) is 24.3 Å². The molecule has 0 aliphatic rings. The molecule has 2 aromatic rings. The number of aromatic nitrogens is 3. The summed E-state index contributed by atoms with van der Waals surface area (Å²) in [6, 6.07) is 7.70. The van der Waals surface area contributed by atoms with E-state index in [1.54, 1.807) is 0 Å². The fraction of sp³-hybridized carbons (Fsp3) is 0.308. The van der Waals surface area contributed by atoms with Crippen molar-refractivity contribution in [2.45, 2.75) is 24.3 Å². The molecule has 0 unspecified atom stereocenters. The molecule has 1 heterocycles. The van der Waals surface area contributed by atoms with Gasteiger partial charge in [0.15, 0.2) is 5.16 Å². The van der Waals surface area contributed by atoms with E-state index in [1.165, 1.54) is 11.8 Å². The van der Waals surface area contributed by atoms with Crippen LogP contribution >= 0.6 is 35.0 Å². The molecule has 1 aromatic carbocycles. The Morgan fingerprint density at radius 2 is 1.85 bits per heavy atom. The summed E-state index contributed by atoms with van der Waals surface area (Å²) in [5.74, 6) is 1.27. The quantitative estimate of drug-likeness (QED) is 0.801. The molecule has 1 aromatic heterocycles. The first kappa shape index (κ1) is 15.4. The van der Waals surface area contributed by atoms with Gasteiger partial charge in [0, 0.05) is 17.3 Å². The van der Waals surface area contributed by atoms with Gasteiger partial charge in [0.2, 0.25) is 11.2 Å². The number of nitrogens with one attached hydrogen (secondary N) is 1. The molecule has 1 N–H and O–H groups in total. The van der Waals surface area contributed by atoms with Crippen LogP contribution in [-0.2, 0) is 5.75 Å². The van der Waals surface area contributed by atoms with Gasteiger partial charge in [0.25, 0.3) is 0 Å². The van der Waals surface area contributed by atoms with Gasteiger partial charge in [-0.25, -0.2) is 0 Å². The first-order valence-corrected chi connectivity index (χ1v) is 7.94. The summed E-state index contributed by atoms with van der Waals surface area (Å²) in [7, 11) is 0. The van der Waals surface area contributed by atoms with Gasteiger partial charge in [-0.1, -0.05) is 42.4 Å². The fourth-order valence-corrected chi connectivity index (χ4v) is 2.57. The van der Waals surface area contributed by atoms with Crippen LogP contribution in [-0.4, -0.2) is 21.5 Å². The minimum atomic E-state index is 0.206. The smallest absolute Gasteiger partial charge is 0.228 e. The van der Waals surface area contributed by atoms with E-state index in [0.29, 0.717) is 11.1 Å². The van der Waals surface area contributed by atoms with E-state index in [-0.39, 0.29) is 5.28 Å². The highest BCUT2D eigenvalue weighted by atomic mass is 35.5. The van der Waals surface area contributed by atoms with Crippen LogP contribution < -0.4 is 5.32 Å². The Morgan fingerprint density at radius 3 is 2.55 bits per heavy atom. The molecule has 0 radical (unpaired) electrons. The van der Waals surface area contributed by atoms with Crippen molar-refractivity contribution in [3.05, 3.63) is 40.1 Å². The van der Waals surface area contributed by atoms with Crippen molar-refractivity contribution >= 4 is 40.9 Å². The van der Waals surface area contributed by atoms with E-state index in [0.717, 1.165) is 29.3 Å². The molecule has 0 bridgehead atoms. The first-order chi connectivity index (χ1) is 9.67. The number of benzene rings is 1. The second-order valence-corrected chi connectivity index (χ2v) is 5.77. The van der Waals surface area contributed by atoms with E-state index >= 15 is 0 Å². The largest absolute Gasteiger partial charge is 0.354 e. The van der Waals surface area contributed by atoms with Crippen LogP contribution in [0.3, 0.4) is 0 Å². The average molecular weight is 329 g/mol. The predicted molar refractivity (Wildman–Crippen MR) is 84.6 cm³/mol. The zero-order chi connectivity index (χ0) is 14.4. The van der Waals surface area contributed by atoms with Crippen molar-refractivity contribution in [1.82, 2.24) is 15.0 Å². The van der Waals surface area contributed by atoms with Crippen LogP contribution in [0.15, 0.2) is 29.4 Å². The summed E-state index contributed by atoms with van der Waals surface area (Å²) in [6.45, 7) is 2.88. The summed E-state index contributed by atoms with van der Waals surface area (Å²) >= 11 is 13.3. The molecule has 0 aliphatic carbocycles. The van der Waals surface area contributed by atoms with Crippen molar-refractivity contribution < 1.29 is 0 Å². The number of halogens is 2. The van der Waals surface area contributed by atoms with Gasteiger partial charge in [-0.3, -0.25) is 0 Å². The average Bonchev–Trinajstić information content (AvgIpc) is 2.44. The molecule has 0 amide bonds. The van der Waals surface area contributed by atoms with Crippen molar-refractivity contribution in [1.29, 1.82) is 0 Å². The topological polar surface area (TPSA) is 50.7 Å². The number of nitrogens with zero attached hydrogens (tertiary/aromatic N) is 3. The third-order valence-corrected chi connectivity index (χ3v) is 3.74. The molecule has 20 heavy (non-hydrogen) atoms. The minimum Gasteiger partial charge on any atom is -0.354 e. The molecule has 7 heteroatoms. The van der Waals surface area contributed by atoms with Crippen molar-refractivity contribution in [3.8, 4) is 0 Å².